The Kier molecular flexibility index (Phi) is 5.10. The van der Waals surface area contributed by atoms with Gasteiger partial charge in [-0.15, -0.1) is 11.3 Å². The third kappa shape index (κ3) is 3.59. The molecule has 0 radical (unpaired) electrons. The summed E-state index contributed by atoms with van der Waals surface area (Å²) < 4.78 is 7.77. The van der Waals surface area contributed by atoms with E-state index in [4.69, 9.17) is 4.42 Å². The van der Waals surface area contributed by atoms with Crippen LogP contribution in [0.1, 0.15) is 57.5 Å². The van der Waals surface area contributed by atoms with Crippen LogP contribution in [0.25, 0.3) is 5.00 Å². The van der Waals surface area contributed by atoms with Gasteiger partial charge in [-0.2, -0.15) is 0 Å². The highest BCUT2D eigenvalue weighted by molar-refractivity contribution is 7.15. The second kappa shape index (κ2) is 8.27. The molecular formula is C27H27N3O2S. The van der Waals surface area contributed by atoms with Gasteiger partial charge >= 0.3 is 6.03 Å². The highest BCUT2D eigenvalue weighted by Crippen LogP contribution is 2.44. The smallest absolute Gasteiger partial charge is 0.318 e. The van der Waals surface area contributed by atoms with E-state index in [0.717, 1.165) is 29.9 Å². The van der Waals surface area contributed by atoms with Crippen LogP contribution in [0.2, 0.25) is 0 Å². The SMILES string of the molecule is Cc1ccc([C@H]2c3cccn3-c3sc4c(c3CN2C(=O)NCc2ccco2)CCCC4)cc1. The highest BCUT2D eigenvalue weighted by Gasteiger charge is 2.36. The number of aryl methyl sites for hydroxylation is 2. The maximum Gasteiger partial charge on any atom is 0.318 e. The number of rotatable bonds is 3. The molecule has 2 amide bonds. The number of hydrogen-bond acceptors (Lipinski definition) is 3. The Morgan fingerprint density at radius 3 is 2.76 bits per heavy atom. The maximum atomic E-state index is 13.7. The van der Waals surface area contributed by atoms with Gasteiger partial charge in [-0.1, -0.05) is 29.8 Å². The monoisotopic (exact) mass is 457 g/mol. The van der Waals surface area contributed by atoms with Crippen LogP contribution in [0.4, 0.5) is 4.79 Å². The summed E-state index contributed by atoms with van der Waals surface area (Å²) in [6.45, 7) is 3.07. The van der Waals surface area contributed by atoms with Crippen LogP contribution in [-0.4, -0.2) is 15.5 Å². The zero-order chi connectivity index (χ0) is 22.4. The Bertz CT molecular complexity index is 1280. The van der Waals surface area contributed by atoms with Crippen LogP contribution in [0.5, 0.6) is 0 Å². The minimum atomic E-state index is -0.170. The Morgan fingerprint density at radius 1 is 1.09 bits per heavy atom. The number of amides is 2. The van der Waals surface area contributed by atoms with Gasteiger partial charge < -0.3 is 19.2 Å². The number of carbonyl (C=O) groups is 1. The molecule has 1 atom stereocenters. The average molecular weight is 458 g/mol. The maximum absolute atomic E-state index is 13.7. The third-order valence-electron chi connectivity index (χ3n) is 6.83. The van der Waals surface area contributed by atoms with Gasteiger partial charge in [0.1, 0.15) is 10.8 Å². The summed E-state index contributed by atoms with van der Waals surface area (Å²) in [5, 5.41) is 4.39. The van der Waals surface area contributed by atoms with Crippen molar-refractivity contribution in [3.8, 4) is 5.00 Å². The van der Waals surface area contributed by atoms with E-state index in [1.165, 1.54) is 39.4 Å². The molecule has 4 aromatic rings. The zero-order valence-corrected chi connectivity index (χ0v) is 19.5. The second-order valence-electron chi connectivity index (χ2n) is 8.98. The van der Waals surface area contributed by atoms with Crippen molar-refractivity contribution in [1.82, 2.24) is 14.8 Å². The molecule has 0 saturated heterocycles. The van der Waals surface area contributed by atoms with Crippen molar-refractivity contribution in [3.05, 3.63) is 99.6 Å². The molecule has 5 nitrogen and oxygen atoms in total. The van der Waals surface area contributed by atoms with E-state index < -0.39 is 0 Å². The summed E-state index contributed by atoms with van der Waals surface area (Å²) in [4.78, 5) is 17.2. The normalized spacial score (nSPS) is 17.1. The fourth-order valence-corrected chi connectivity index (χ4v) is 6.57. The molecule has 1 aromatic carbocycles. The first-order valence-corrected chi connectivity index (χ1v) is 12.4. The number of hydrogen-bond donors (Lipinski definition) is 1. The molecule has 3 aromatic heterocycles. The van der Waals surface area contributed by atoms with Crippen molar-refractivity contribution >= 4 is 17.4 Å². The van der Waals surface area contributed by atoms with Gasteiger partial charge in [-0.3, -0.25) is 0 Å². The first-order chi connectivity index (χ1) is 16.2. The van der Waals surface area contributed by atoms with Crippen LogP contribution in [0, 0.1) is 6.92 Å². The van der Waals surface area contributed by atoms with Crippen LogP contribution < -0.4 is 5.32 Å². The summed E-state index contributed by atoms with van der Waals surface area (Å²) in [7, 11) is 0. The van der Waals surface area contributed by atoms with Crippen molar-refractivity contribution in [2.75, 3.05) is 0 Å². The summed E-state index contributed by atoms with van der Waals surface area (Å²) in [5.74, 6) is 0.752. The standard InChI is InChI=1S/C27H27N3O2S/c1-18-10-12-19(13-11-18)25-23-8-4-14-29(23)26-22(21-7-2-3-9-24(21)33-26)17-30(25)27(31)28-16-20-6-5-15-32-20/h4-6,8,10-15,25H,2-3,7,9,16-17H2,1H3,(H,28,31)/t25-/m0/s1. The summed E-state index contributed by atoms with van der Waals surface area (Å²) in [5.41, 5.74) is 6.25. The number of fused-ring (bicyclic) bond motifs is 5. The molecule has 1 aliphatic carbocycles. The third-order valence-corrected chi connectivity index (χ3v) is 8.16. The molecule has 0 unspecified atom stereocenters. The Morgan fingerprint density at radius 2 is 1.94 bits per heavy atom. The van der Waals surface area contributed by atoms with E-state index in [9.17, 15) is 4.79 Å². The molecule has 0 fully saturated rings. The lowest BCUT2D eigenvalue weighted by atomic mass is 9.95. The number of thiophene rings is 1. The molecule has 0 spiro atoms. The first-order valence-electron chi connectivity index (χ1n) is 11.6. The molecule has 4 heterocycles. The van der Waals surface area contributed by atoms with E-state index >= 15 is 0 Å². The Labute approximate surface area is 197 Å². The minimum Gasteiger partial charge on any atom is -0.467 e. The van der Waals surface area contributed by atoms with Crippen molar-refractivity contribution < 1.29 is 9.21 Å². The highest BCUT2D eigenvalue weighted by atomic mass is 32.1. The van der Waals surface area contributed by atoms with Crippen LogP contribution in [0.3, 0.4) is 0 Å². The van der Waals surface area contributed by atoms with Gasteiger partial charge in [0, 0.05) is 16.6 Å². The van der Waals surface area contributed by atoms with Gasteiger partial charge in [0.2, 0.25) is 0 Å². The fraction of sp³-hybridized carbons (Fsp3) is 0.296. The lowest BCUT2D eigenvalue weighted by Gasteiger charge is -2.31. The molecular weight excluding hydrogens is 430 g/mol. The molecule has 1 N–H and O–H groups in total. The fourth-order valence-electron chi connectivity index (χ4n) is 5.16. The lowest BCUT2D eigenvalue weighted by Crippen LogP contribution is -2.41. The molecule has 6 rings (SSSR count). The number of nitrogens with zero attached hydrogens (tertiary/aromatic N) is 2. The Balaban J connectivity index is 1.46. The van der Waals surface area contributed by atoms with E-state index in [2.05, 4.69) is 59.4 Å². The van der Waals surface area contributed by atoms with Crippen LogP contribution in [-0.2, 0) is 25.9 Å². The number of carbonyl (C=O) groups excluding carboxylic acids is 1. The molecule has 33 heavy (non-hydrogen) atoms. The van der Waals surface area contributed by atoms with E-state index in [0.29, 0.717) is 13.1 Å². The summed E-state index contributed by atoms with van der Waals surface area (Å²) >= 11 is 1.91. The number of benzene rings is 1. The van der Waals surface area contributed by atoms with Gasteiger partial charge in [0.25, 0.3) is 0 Å². The predicted molar refractivity (Wildman–Crippen MR) is 130 cm³/mol. The average Bonchev–Trinajstić information content (AvgIpc) is 3.57. The molecule has 0 bridgehead atoms. The van der Waals surface area contributed by atoms with E-state index in [1.807, 2.05) is 28.4 Å². The Hall–Kier alpha value is -3.25. The second-order valence-corrected chi connectivity index (χ2v) is 10.1. The topological polar surface area (TPSA) is 50.4 Å². The molecule has 2 aliphatic rings. The number of aromatic nitrogens is 1. The predicted octanol–water partition coefficient (Wildman–Crippen LogP) is 6.13. The van der Waals surface area contributed by atoms with Gasteiger partial charge in [-0.05, 0) is 68.0 Å². The van der Waals surface area contributed by atoms with Crippen molar-refractivity contribution in [1.29, 1.82) is 0 Å². The summed E-state index contributed by atoms with van der Waals surface area (Å²) in [6.07, 6.45) is 8.52. The molecule has 168 valence electrons. The van der Waals surface area contributed by atoms with Crippen molar-refractivity contribution in [2.24, 2.45) is 0 Å². The van der Waals surface area contributed by atoms with E-state index in [-0.39, 0.29) is 12.1 Å². The first kappa shape index (κ1) is 20.4. The number of nitrogens with one attached hydrogen (secondary N) is 1. The largest absolute Gasteiger partial charge is 0.467 e. The van der Waals surface area contributed by atoms with Crippen LogP contribution in [0.15, 0.2) is 65.4 Å². The molecule has 1 aliphatic heterocycles. The quantitative estimate of drug-likeness (QED) is 0.402. The summed E-state index contributed by atoms with van der Waals surface area (Å²) in [6, 6.07) is 16.3. The zero-order valence-electron chi connectivity index (χ0n) is 18.7. The van der Waals surface area contributed by atoms with Crippen LogP contribution >= 0.6 is 11.3 Å². The molecule has 6 heteroatoms. The number of furan rings is 1. The van der Waals surface area contributed by atoms with E-state index in [1.54, 1.807) is 6.26 Å². The van der Waals surface area contributed by atoms with Gasteiger partial charge in [0.15, 0.2) is 0 Å². The van der Waals surface area contributed by atoms with Crippen molar-refractivity contribution in [2.45, 2.75) is 51.7 Å². The number of urea groups is 1. The minimum absolute atomic E-state index is 0.0756. The molecule has 0 saturated carbocycles. The lowest BCUT2D eigenvalue weighted by molar-refractivity contribution is 0.179. The van der Waals surface area contributed by atoms with Gasteiger partial charge in [0.05, 0.1) is 31.1 Å². The van der Waals surface area contributed by atoms with Gasteiger partial charge in [-0.25, -0.2) is 4.79 Å². The van der Waals surface area contributed by atoms with Crippen molar-refractivity contribution in [3.63, 3.8) is 0 Å².